The van der Waals surface area contributed by atoms with Crippen LogP contribution in [-0.4, -0.2) is 31.8 Å². The van der Waals surface area contributed by atoms with Gasteiger partial charge in [-0.05, 0) is 31.0 Å². The molecule has 0 radical (unpaired) electrons. The van der Waals surface area contributed by atoms with Crippen molar-refractivity contribution in [2.24, 2.45) is 0 Å². The first-order valence-corrected chi connectivity index (χ1v) is 6.23. The molecule has 1 fully saturated rings. The summed E-state index contributed by atoms with van der Waals surface area (Å²) < 4.78 is 10.6. The van der Waals surface area contributed by atoms with Crippen molar-refractivity contribution >= 4 is 5.91 Å². The van der Waals surface area contributed by atoms with Gasteiger partial charge in [0.15, 0.2) is 0 Å². The van der Waals surface area contributed by atoms with E-state index in [4.69, 9.17) is 9.47 Å². The van der Waals surface area contributed by atoms with Crippen LogP contribution in [0.25, 0.3) is 0 Å². The fraction of sp³-hybridized carbons (Fsp3) is 0.500. The van der Waals surface area contributed by atoms with Gasteiger partial charge in [-0.3, -0.25) is 4.79 Å². The molecule has 1 aromatic rings. The third-order valence-corrected chi connectivity index (χ3v) is 3.14. The topological polar surface area (TPSA) is 47.6 Å². The van der Waals surface area contributed by atoms with Crippen LogP contribution in [0.5, 0.6) is 5.75 Å². The quantitative estimate of drug-likeness (QED) is 0.862. The van der Waals surface area contributed by atoms with Gasteiger partial charge in [-0.25, -0.2) is 0 Å². The predicted octanol–water partition coefficient (Wildman–Crippen LogP) is 1.59. The highest BCUT2D eigenvalue weighted by atomic mass is 16.5. The number of nitrogens with one attached hydrogen (secondary N) is 1. The third kappa shape index (κ3) is 3.23. The van der Waals surface area contributed by atoms with E-state index in [9.17, 15) is 4.79 Å². The number of aryl methyl sites for hydroxylation is 1. The molecule has 18 heavy (non-hydrogen) atoms. The summed E-state index contributed by atoms with van der Waals surface area (Å²) in [6, 6.07) is 6.13. The van der Waals surface area contributed by atoms with Gasteiger partial charge in [-0.15, -0.1) is 0 Å². The Kier molecular flexibility index (Phi) is 4.20. The molecule has 4 heteroatoms. The highest BCUT2D eigenvalue weighted by Gasteiger charge is 2.19. The zero-order chi connectivity index (χ0) is 13.0. The number of hydrogen-bond acceptors (Lipinski definition) is 3. The number of amides is 1. The average molecular weight is 249 g/mol. The van der Waals surface area contributed by atoms with Crippen LogP contribution in [0.1, 0.15) is 17.5 Å². The van der Waals surface area contributed by atoms with Crippen LogP contribution < -0.4 is 10.1 Å². The Bertz CT molecular complexity index is 427. The summed E-state index contributed by atoms with van der Waals surface area (Å²) in [5, 5.41) is 2.88. The van der Waals surface area contributed by atoms with Crippen LogP contribution in [0, 0.1) is 13.8 Å². The van der Waals surface area contributed by atoms with Crippen LogP contribution in [-0.2, 0) is 9.53 Å². The van der Waals surface area contributed by atoms with E-state index in [1.54, 1.807) is 0 Å². The number of hydrogen-bond donors (Lipinski definition) is 1. The van der Waals surface area contributed by atoms with Gasteiger partial charge in [0, 0.05) is 0 Å². The molecule has 0 saturated carbocycles. The van der Waals surface area contributed by atoms with Crippen molar-refractivity contribution in [3.8, 4) is 5.75 Å². The number of carbonyl (C=O) groups excluding carboxylic acids is 1. The van der Waals surface area contributed by atoms with E-state index in [1.165, 1.54) is 5.56 Å². The van der Waals surface area contributed by atoms with E-state index in [0.29, 0.717) is 26.2 Å². The van der Waals surface area contributed by atoms with Gasteiger partial charge in [-0.2, -0.15) is 0 Å². The van der Waals surface area contributed by atoms with E-state index in [2.05, 4.69) is 5.32 Å². The average Bonchev–Trinajstić information content (AvgIpc) is 2.29. The van der Waals surface area contributed by atoms with Crippen molar-refractivity contribution in [2.45, 2.75) is 26.3 Å². The summed E-state index contributed by atoms with van der Waals surface area (Å²) in [6.45, 7) is 5.73. The smallest absolute Gasteiger partial charge is 0.223 e. The van der Waals surface area contributed by atoms with Gasteiger partial charge in [0.05, 0.1) is 32.3 Å². The Balaban J connectivity index is 1.74. The molecule has 1 aromatic carbocycles. The SMILES string of the molecule is Cc1cccc(OCCC(=O)NC2COC2)c1C. The highest BCUT2D eigenvalue weighted by Crippen LogP contribution is 2.20. The summed E-state index contributed by atoms with van der Waals surface area (Å²) in [5.74, 6) is 0.878. The van der Waals surface area contributed by atoms with Crippen molar-refractivity contribution in [1.29, 1.82) is 0 Å². The predicted molar refractivity (Wildman–Crippen MR) is 68.8 cm³/mol. The van der Waals surface area contributed by atoms with Crippen molar-refractivity contribution in [3.63, 3.8) is 0 Å². The molecule has 1 aliphatic heterocycles. The first-order valence-electron chi connectivity index (χ1n) is 6.23. The molecule has 0 aromatic heterocycles. The second-order valence-corrected chi connectivity index (χ2v) is 4.60. The largest absolute Gasteiger partial charge is 0.493 e. The summed E-state index contributed by atoms with van der Waals surface area (Å²) >= 11 is 0. The zero-order valence-corrected chi connectivity index (χ0v) is 10.9. The molecule has 1 saturated heterocycles. The zero-order valence-electron chi connectivity index (χ0n) is 10.9. The molecule has 1 heterocycles. The van der Waals surface area contributed by atoms with Crippen LogP contribution in [0.3, 0.4) is 0 Å². The normalized spacial score (nSPS) is 15.0. The van der Waals surface area contributed by atoms with E-state index in [1.807, 2.05) is 32.0 Å². The molecule has 1 N–H and O–H groups in total. The molecule has 4 nitrogen and oxygen atoms in total. The second-order valence-electron chi connectivity index (χ2n) is 4.60. The van der Waals surface area contributed by atoms with Gasteiger partial charge in [0.25, 0.3) is 0 Å². The van der Waals surface area contributed by atoms with E-state index in [0.717, 1.165) is 11.3 Å². The number of carbonyl (C=O) groups is 1. The van der Waals surface area contributed by atoms with E-state index < -0.39 is 0 Å². The lowest BCUT2D eigenvalue weighted by Gasteiger charge is -2.26. The Labute approximate surface area is 107 Å². The molecule has 0 aliphatic carbocycles. The monoisotopic (exact) mass is 249 g/mol. The fourth-order valence-corrected chi connectivity index (χ4v) is 1.75. The molecular formula is C14H19NO3. The Morgan fingerprint density at radius 2 is 2.22 bits per heavy atom. The second kappa shape index (κ2) is 5.87. The Hall–Kier alpha value is -1.55. The van der Waals surface area contributed by atoms with Gasteiger partial charge in [0.2, 0.25) is 5.91 Å². The van der Waals surface area contributed by atoms with Gasteiger partial charge < -0.3 is 14.8 Å². The first-order chi connectivity index (χ1) is 8.66. The summed E-state index contributed by atoms with van der Waals surface area (Å²) in [4.78, 5) is 11.5. The maximum atomic E-state index is 11.5. The summed E-state index contributed by atoms with van der Waals surface area (Å²) in [5.41, 5.74) is 2.33. The minimum Gasteiger partial charge on any atom is -0.493 e. The minimum absolute atomic E-state index is 0.0219. The Morgan fingerprint density at radius 3 is 2.89 bits per heavy atom. The lowest BCUT2D eigenvalue weighted by Crippen LogP contribution is -2.48. The molecule has 1 aliphatic rings. The maximum Gasteiger partial charge on any atom is 0.223 e. The lowest BCUT2D eigenvalue weighted by molar-refractivity contribution is -0.125. The Morgan fingerprint density at radius 1 is 1.44 bits per heavy atom. The molecule has 1 amide bonds. The molecule has 0 bridgehead atoms. The van der Waals surface area contributed by atoms with Crippen LogP contribution in [0.2, 0.25) is 0 Å². The van der Waals surface area contributed by atoms with Crippen molar-refractivity contribution in [1.82, 2.24) is 5.32 Å². The van der Waals surface area contributed by atoms with E-state index in [-0.39, 0.29) is 11.9 Å². The van der Waals surface area contributed by atoms with Gasteiger partial charge in [-0.1, -0.05) is 12.1 Å². The minimum atomic E-state index is 0.0219. The molecule has 98 valence electrons. The van der Waals surface area contributed by atoms with Crippen molar-refractivity contribution in [3.05, 3.63) is 29.3 Å². The third-order valence-electron chi connectivity index (χ3n) is 3.14. The molecule has 0 spiro atoms. The van der Waals surface area contributed by atoms with Crippen LogP contribution >= 0.6 is 0 Å². The number of ether oxygens (including phenoxy) is 2. The highest BCUT2D eigenvalue weighted by molar-refractivity contribution is 5.76. The first kappa shape index (κ1) is 12.9. The lowest BCUT2D eigenvalue weighted by atomic mass is 10.1. The van der Waals surface area contributed by atoms with Gasteiger partial charge in [0.1, 0.15) is 5.75 Å². The fourth-order valence-electron chi connectivity index (χ4n) is 1.75. The van der Waals surface area contributed by atoms with Crippen LogP contribution in [0.4, 0.5) is 0 Å². The maximum absolute atomic E-state index is 11.5. The number of rotatable bonds is 5. The van der Waals surface area contributed by atoms with E-state index >= 15 is 0 Å². The number of benzene rings is 1. The van der Waals surface area contributed by atoms with Crippen molar-refractivity contribution < 1.29 is 14.3 Å². The molecular weight excluding hydrogens is 230 g/mol. The summed E-state index contributed by atoms with van der Waals surface area (Å²) in [6.07, 6.45) is 0.379. The molecule has 0 unspecified atom stereocenters. The standard InChI is InChI=1S/C14H19NO3/c1-10-4-3-5-13(11(10)2)18-7-6-14(16)15-12-8-17-9-12/h3-5,12H,6-9H2,1-2H3,(H,15,16). The summed E-state index contributed by atoms with van der Waals surface area (Å²) in [7, 11) is 0. The molecule has 2 rings (SSSR count). The van der Waals surface area contributed by atoms with Crippen LogP contribution in [0.15, 0.2) is 18.2 Å². The molecule has 0 atom stereocenters. The van der Waals surface area contributed by atoms with Crippen molar-refractivity contribution in [2.75, 3.05) is 19.8 Å². The van der Waals surface area contributed by atoms with Gasteiger partial charge >= 0.3 is 0 Å².